The number of hydrogen-bond donors (Lipinski definition) is 1. The molecule has 1 aromatic heterocycles. The number of piperazine rings is 1. The van der Waals surface area contributed by atoms with E-state index in [4.69, 9.17) is 27.9 Å². The van der Waals surface area contributed by atoms with Crippen LogP contribution in [0.25, 0.3) is 10.9 Å². The third kappa shape index (κ3) is 5.73. The van der Waals surface area contributed by atoms with E-state index >= 15 is 0 Å². The minimum Gasteiger partial charge on any atom is -0.461 e. The minimum absolute atomic E-state index is 0.334. The lowest BCUT2D eigenvalue weighted by molar-refractivity contribution is 0.0460. The second-order valence-electron chi connectivity index (χ2n) is 8.64. The number of para-hydroxylation sites is 1. The predicted molar refractivity (Wildman–Crippen MR) is 147 cm³/mol. The van der Waals surface area contributed by atoms with Gasteiger partial charge < -0.3 is 15.0 Å². The fraction of sp³-hybridized carbons (Fsp3) is 0.214. The minimum atomic E-state index is -0.350. The maximum Gasteiger partial charge on any atom is 0.340 e. The van der Waals surface area contributed by atoms with Crippen LogP contribution in [-0.4, -0.2) is 55.2 Å². The molecule has 0 spiro atoms. The number of carbonyl (C=O) groups is 1. The first kappa shape index (κ1) is 24.4. The lowest BCUT2D eigenvalue weighted by Crippen LogP contribution is -2.47. The monoisotopic (exact) mass is 520 g/mol. The highest BCUT2D eigenvalue weighted by Gasteiger charge is 2.19. The molecule has 1 saturated heterocycles. The number of fused-ring (bicyclic) bond motifs is 1. The van der Waals surface area contributed by atoms with Crippen molar-refractivity contribution in [1.82, 2.24) is 9.88 Å². The summed E-state index contributed by atoms with van der Waals surface area (Å²) in [6.07, 6.45) is 1.72. The van der Waals surface area contributed by atoms with Gasteiger partial charge in [-0.2, -0.15) is 0 Å². The number of ether oxygens (including phenoxy) is 1. The van der Waals surface area contributed by atoms with Crippen molar-refractivity contribution in [1.29, 1.82) is 0 Å². The molecule has 0 unspecified atom stereocenters. The fourth-order valence-electron chi connectivity index (χ4n) is 4.39. The summed E-state index contributed by atoms with van der Waals surface area (Å²) in [7, 11) is 0. The van der Waals surface area contributed by atoms with Crippen LogP contribution in [0.4, 0.5) is 17.1 Å². The van der Waals surface area contributed by atoms with Gasteiger partial charge in [0.15, 0.2) is 0 Å². The van der Waals surface area contributed by atoms with Crippen LogP contribution in [0.3, 0.4) is 0 Å². The van der Waals surface area contributed by atoms with E-state index in [-0.39, 0.29) is 5.97 Å². The molecule has 1 aliphatic heterocycles. The molecule has 1 aliphatic rings. The number of pyridine rings is 1. The van der Waals surface area contributed by atoms with Crippen molar-refractivity contribution >= 4 is 57.1 Å². The number of halogens is 2. The Hall–Kier alpha value is -3.32. The quantitative estimate of drug-likeness (QED) is 0.290. The summed E-state index contributed by atoms with van der Waals surface area (Å²) in [4.78, 5) is 22.0. The summed E-state index contributed by atoms with van der Waals surface area (Å²) < 4.78 is 5.66. The first-order valence-electron chi connectivity index (χ1n) is 11.9. The maximum atomic E-state index is 12.9. The molecule has 4 aromatic rings. The van der Waals surface area contributed by atoms with E-state index in [1.807, 2.05) is 60.7 Å². The van der Waals surface area contributed by atoms with E-state index in [1.54, 1.807) is 12.3 Å². The molecule has 0 amide bonds. The molecule has 0 bridgehead atoms. The van der Waals surface area contributed by atoms with Crippen LogP contribution in [-0.2, 0) is 4.74 Å². The molecule has 0 atom stereocenters. The highest BCUT2D eigenvalue weighted by atomic mass is 35.5. The first-order valence-corrected chi connectivity index (χ1v) is 12.6. The number of anilines is 3. The highest BCUT2D eigenvalue weighted by Crippen LogP contribution is 2.29. The number of aromatic nitrogens is 1. The summed E-state index contributed by atoms with van der Waals surface area (Å²) in [6.45, 7) is 4.66. The molecule has 6 nitrogen and oxygen atoms in total. The smallest absolute Gasteiger partial charge is 0.340 e. The topological polar surface area (TPSA) is 57.7 Å². The summed E-state index contributed by atoms with van der Waals surface area (Å²) in [5.74, 6) is -0.350. The average Bonchev–Trinajstić information content (AvgIpc) is 2.89. The number of hydrogen-bond acceptors (Lipinski definition) is 6. The molecule has 3 aromatic carbocycles. The summed E-state index contributed by atoms with van der Waals surface area (Å²) >= 11 is 12.2. The van der Waals surface area contributed by atoms with E-state index in [2.05, 4.69) is 26.2 Å². The molecule has 1 N–H and O–H groups in total. The number of rotatable bonds is 7. The highest BCUT2D eigenvalue weighted by molar-refractivity contribution is 6.31. The number of benzene rings is 3. The molecular weight excluding hydrogens is 495 g/mol. The third-order valence-electron chi connectivity index (χ3n) is 6.31. The molecule has 36 heavy (non-hydrogen) atoms. The van der Waals surface area contributed by atoms with Gasteiger partial charge in [0.25, 0.3) is 0 Å². The Morgan fingerprint density at radius 2 is 1.69 bits per heavy atom. The molecule has 8 heteroatoms. The van der Waals surface area contributed by atoms with Crippen LogP contribution in [0.15, 0.2) is 79.0 Å². The first-order chi connectivity index (χ1) is 17.6. The van der Waals surface area contributed by atoms with E-state index in [0.717, 1.165) is 53.5 Å². The van der Waals surface area contributed by atoms with E-state index in [9.17, 15) is 4.79 Å². The van der Waals surface area contributed by atoms with Crippen molar-refractivity contribution in [3.63, 3.8) is 0 Å². The zero-order chi connectivity index (χ0) is 24.9. The number of esters is 1. The van der Waals surface area contributed by atoms with Gasteiger partial charge in [0.1, 0.15) is 6.61 Å². The van der Waals surface area contributed by atoms with Crippen molar-refractivity contribution in [2.45, 2.75) is 0 Å². The van der Waals surface area contributed by atoms with Crippen molar-refractivity contribution < 1.29 is 9.53 Å². The summed E-state index contributed by atoms with van der Waals surface area (Å²) in [6, 6.07) is 22.7. The lowest BCUT2D eigenvalue weighted by Gasteiger charge is -2.36. The lowest BCUT2D eigenvalue weighted by atomic mass is 10.1. The normalized spacial score (nSPS) is 14.1. The van der Waals surface area contributed by atoms with Gasteiger partial charge >= 0.3 is 5.97 Å². The molecular formula is C28H26Cl2N4O2. The van der Waals surface area contributed by atoms with Gasteiger partial charge in [-0.25, -0.2) is 4.79 Å². The van der Waals surface area contributed by atoms with Gasteiger partial charge in [0.05, 0.1) is 16.8 Å². The van der Waals surface area contributed by atoms with Crippen LogP contribution < -0.4 is 10.2 Å². The molecule has 2 heterocycles. The Bertz CT molecular complexity index is 1370. The van der Waals surface area contributed by atoms with E-state index in [1.165, 1.54) is 0 Å². The fourth-order valence-corrected chi connectivity index (χ4v) is 4.74. The number of nitrogens with zero attached hydrogens (tertiary/aromatic N) is 3. The second kappa shape index (κ2) is 11.2. The standard InChI is InChI=1S/C28H26Cl2N4O2/c29-20-4-3-5-22(18-20)34-14-12-33(13-15-34)16-17-36-28(35)24-6-1-2-7-25(24)32-26-10-11-31-27-19-21(30)8-9-23(26)27/h1-11,18-19H,12-17H2,(H,31,32). The Morgan fingerprint density at radius 1 is 0.889 bits per heavy atom. The number of carbonyl (C=O) groups excluding carboxylic acids is 1. The average molecular weight is 521 g/mol. The van der Waals surface area contributed by atoms with Crippen LogP contribution in [0, 0.1) is 0 Å². The maximum absolute atomic E-state index is 12.9. The van der Waals surface area contributed by atoms with E-state index < -0.39 is 0 Å². The van der Waals surface area contributed by atoms with Gasteiger partial charge in [0, 0.05) is 65.7 Å². The third-order valence-corrected chi connectivity index (χ3v) is 6.78. The van der Waals surface area contributed by atoms with E-state index in [0.29, 0.717) is 29.4 Å². The van der Waals surface area contributed by atoms with Crippen molar-refractivity contribution in [2.75, 3.05) is 49.5 Å². The predicted octanol–water partition coefficient (Wildman–Crippen LogP) is 6.26. The SMILES string of the molecule is O=C(OCCN1CCN(c2cccc(Cl)c2)CC1)c1ccccc1Nc1ccnc2cc(Cl)ccc12. The zero-order valence-corrected chi connectivity index (χ0v) is 21.2. The molecule has 0 saturated carbocycles. The Morgan fingerprint density at radius 3 is 2.53 bits per heavy atom. The van der Waals surface area contributed by atoms with Crippen LogP contribution in [0.5, 0.6) is 0 Å². The van der Waals surface area contributed by atoms with Gasteiger partial charge in [-0.3, -0.25) is 9.88 Å². The van der Waals surface area contributed by atoms with Crippen molar-refractivity contribution in [3.8, 4) is 0 Å². The van der Waals surface area contributed by atoms with Gasteiger partial charge in [-0.15, -0.1) is 0 Å². The Balaban J connectivity index is 1.17. The largest absolute Gasteiger partial charge is 0.461 e. The van der Waals surface area contributed by atoms with Crippen LogP contribution in [0.1, 0.15) is 10.4 Å². The molecule has 0 aliphatic carbocycles. The Labute approximate surface area is 220 Å². The van der Waals surface area contributed by atoms with Crippen molar-refractivity contribution in [3.05, 3.63) is 94.6 Å². The number of nitrogens with one attached hydrogen (secondary N) is 1. The zero-order valence-electron chi connectivity index (χ0n) is 19.7. The summed E-state index contributed by atoms with van der Waals surface area (Å²) in [5, 5.41) is 5.66. The van der Waals surface area contributed by atoms with Crippen LogP contribution in [0.2, 0.25) is 10.0 Å². The van der Waals surface area contributed by atoms with Crippen LogP contribution >= 0.6 is 23.2 Å². The molecule has 5 rings (SSSR count). The molecule has 0 radical (unpaired) electrons. The van der Waals surface area contributed by atoms with Gasteiger partial charge in [0.2, 0.25) is 0 Å². The Kier molecular flexibility index (Phi) is 7.56. The van der Waals surface area contributed by atoms with Gasteiger partial charge in [-0.1, -0.05) is 41.4 Å². The van der Waals surface area contributed by atoms with Crippen molar-refractivity contribution in [2.24, 2.45) is 0 Å². The second-order valence-corrected chi connectivity index (χ2v) is 9.51. The molecule has 1 fully saturated rings. The summed E-state index contributed by atoms with van der Waals surface area (Å²) in [5.41, 5.74) is 3.93. The molecule has 184 valence electrons. The van der Waals surface area contributed by atoms with Gasteiger partial charge in [-0.05, 0) is 54.6 Å².